The molecular formula is C42H34N2O6. The highest BCUT2D eigenvalue weighted by Crippen LogP contribution is 2.46. The molecule has 248 valence electrons. The first kappa shape index (κ1) is 32.3. The molecular weight excluding hydrogens is 628 g/mol. The fourth-order valence-corrected chi connectivity index (χ4v) is 7.25. The Morgan fingerprint density at radius 2 is 0.980 bits per heavy atom. The molecule has 0 heterocycles. The molecule has 0 fully saturated rings. The minimum Gasteiger partial charge on any atom is -0.481 e. The number of carboxylic acid groups (broad SMARTS) is 2. The van der Waals surface area contributed by atoms with E-state index in [2.05, 4.69) is 10.6 Å². The second-order valence-corrected chi connectivity index (χ2v) is 12.9. The van der Waals surface area contributed by atoms with E-state index in [9.17, 15) is 29.4 Å². The van der Waals surface area contributed by atoms with E-state index < -0.39 is 24.3 Å². The van der Waals surface area contributed by atoms with Gasteiger partial charge in [0.05, 0.1) is 25.7 Å². The van der Waals surface area contributed by atoms with Crippen molar-refractivity contribution in [3.05, 3.63) is 130 Å². The Morgan fingerprint density at radius 1 is 0.480 bits per heavy atom. The van der Waals surface area contributed by atoms with Gasteiger partial charge in [-0.25, -0.2) is 0 Å². The van der Waals surface area contributed by atoms with Crippen LogP contribution in [0.5, 0.6) is 0 Å². The third kappa shape index (κ3) is 6.07. The number of rotatable bonds is 10. The van der Waals surface area contributed by atoms with Gasteiger partial charge in [0.25, 0.3) is 0 Å². The number of anilines is 2. The average molecular weight is 663 g/mol. The summed E-state index contributed by atoms with van der Waals surface area (Å²) < 4.78 is 0. The lowest BCUT2D eigenvalue weighted by Crippen LogP contribution is -2.21. The minimum absolute atomic E-state index is 0.153. The summed E-state index contributed by atoms with van der Waals surface area (Å²) in [4.78, 5) is 52.7. The van der Waals surface area contributed by atoms with Gasteiger partial charge in [-0.05, 0) is 103 Å². The number of carboxylic acids is 2. The Kier molecular flexibility index (Phi) is 8.37. The van der Waals surface area contributed by atoms with Crippen molar-refractivity contribution in [2.24, 2.45) is 0 Å². The van der Waals surface area contributed by atoms with Gasteiger partial charge in [0.2, 0.25) is 11.8 Å². The number of nitrogens with one attached hydrogen (secondary N) is 2. The van der Waals surface area contributed by atoms with Gasteiger partial charge in [-0.3, -0.25) is 19.2 Å². The van der Waals surface area contributed by atoms with Crippen molar-refractivity contribution >= 4 is 78.2 Å². The molecule has 0 saturated heterocycles. The van der Waals surface area contributed by atoms with E-state index in [1.807, 2.05) is 92.7 Å². The number of amides is 2. The predicted molar refractivity (Wildman–Crippen MR) is 197 cm³/mol. The van der Waals surface area contributed by atoms with E-state index in [4.69, 9.17) is 0 Å². The largest absolute Gasteiger partial charge is 0.481 e. The zero-order valence-electron chi connectivity index (χ0n) is 27.6. The summed E-state index contributed by atoms with van der Waals surface area (Å²) in [5.74, 6) is -2.93. The van der Waals surface area contributed by atoms with Crippen LogP contribution in [0.15, 0.2) is 97.1 Å². The third-order valence-electron chi connectivity index (χ3n) is 9.35. The molecule has 8 nitrogen and oxygen atoms in total. The number of fused-ring (bicyclic) bond motifs is 2. The standard InChI is InChI=1S/C42H34N2O6/c1-23-9-14-27(15-10-23)43-35(45)20-32-33(21-36(46)44-28-16-11-24(2)12-17-28)41-31-8-4-6-25-5-3-7-29(39(25)31)30-18-13-26(19-37(47)48)40(42(30)41)34(32)22-38(49)50/h3-18H,19-22H2,1-2H3,(H,43,45)(H,44,46)(H,47,48)(H,49,50). The Labute approximate surface area is 287 Å². The lowest BCUT2D eigenvalue weighted by atomic mass is 9.79. The molecule has 7 aromatic carbocycles. The molecule has 0 aromatic heterocycles. The number of aryl methyl sites for hydroxylation is 2. The first-order valence-electron chi connectivity index (χ1n) is 16.4. The van der Waals surface area contributed by atoms with E-state index in [1.165, 1.54) is 0 Å². The Bertz CT molecular complexity index is 2480. The predicted octanol–water partition coefficient (Wildman–Crippen LogP) is 7.97. The average Bonchev–Trinajstić information content (AvgIpc) is 3.07. The SMILES string of the molecule is Cc1ccc(NC(=O)Cc2c(CC(=O)O)c3c(CC(=O)O)ccc4c5cccc6cccc(c(c2CC(=O)Nc2ccc(C)cc2)c34)c65)cc1. The highest BCUT2D eigenvalue weighted by atomic mass is 16.4. The van der Waals surface area contributed by atoms with Gasteiger partial charge < -0.3 is 20.8 Å². The van der Waals surface area contributed by atoms with E-state index in [1.54, 1.807) is 18.2 Å². The fraction of sp³-hybridized carbons (Fsp3) is 0.143. The number of hydrogen-bond acceptors (Lipinski definition) is 4. The van der Waals surface area contributed by atoms with E-state index >= 15 is 0 Å². The number of carbonyl (C=O) groups is 4. The second-order valence-electron chi connectivity index (χ2n) is 12.9. The molecule has 4 N–H and O–H groups in total. The zero-order valence-corrected chi connectivity index (χ0v) is 27.6. The molecule has 7 rings (SSSR count). The van der Waals surface area contributed by atoms with Crippen molar-refractivity contribution < 1.29 is 29.4 Å². The number of hydrogen-bond donors (Lipinski definition) is 4. The molecule has 0 aliphatic carbocycles. The van der Waals surface area contributed by atoms with Gasteiger partial charge in [-0.15, -0.1) is 0 Å². The molecule has 8 heteroatoms. The Morgan fingerprint density at radius 3 is 1.54 bits per heavy atom. The van der Waals surface area contributed by atoms with Crippen molar-refractivity contribution in [1.29, 1.82) is 0 Å². The number of carbonyl (C=O) groups excluding carboxylic acids is 2. The third-order valence-corrected chi connectivity index (χ3v) is 9.35. The topological polar surface area (TPSA) is 133 Å². The van der Waals surface area contributed by atoms with Gasteiger partial charge in [-0.1, -0.05) is 83.9 Å². The maximum atomic E-state index is 14.0. The molecule has 0 bridgehead atoms. The van der Waals surface area contributed by atoms with Gasteiger partial charge in [0.1, 0.15) is 0 Å². The Balaban J connectivity index is 1.56. The van der Waals surface area contributed by atoms with Gasteiger partial charge >= 0.3 is 11.9 Å². The normalized spacial score (nSPS) is 11.4. The van der Waals surface area contributed by atoms with E-state index in [0.717, 1.165) is 38.1 Å². The van der Waals surface area contributed by atoms with Crippen molar-refractivity contribution in [2.75, 3.05) is 10.6 Å². The highest BCUT2D eigenvalue weighted by molar-refractivity contribution is 6.35. The molecule has 2 amide bonds. The van der Waals surface area contributed by atoms with Crippen LogP contribution in [0.1, 0.15) is 33.4 Å². The maximum Gasteiger partial charge on any atom is 0.307 e. The van der Waals surface area contributed by atoms with Crippen LogP contribution in [0.25, 0.3) is 43.1 Å². The quantitative estimate of drug-likeness (QED) is 0.0868. The molecule has 50 heavy (non-hydrogen) atoms. The molecule has 7 aromatic rings. The smallest absolute Gasteiger partial charge is 0.307 e. The molecule has 0 spiro atoms. The summed E-state index contributed by atoms with van der Waals surface area (Å²) in [5, 5.41) is 32.6. The van der Waals surface area contributed by atoms with Crippen LogP contribution >= 0.6 is 0 Å². The van der Waals surface area contributed by atoms with Gasteiger partial charge in [0, 0.05) is 11.4 Å². The van der Waals surface area contributed by atoms with Crippen LogP contribution < -0.4 is 10.6 Å². The number of benzene rings is 7. The maximum absolute atomic E-state index is 14.0. The van der Waals surface area contributed by atoms with Crippen molar-refractivity contribution in [1.82, 2.24) is 0 Å². The minimum atomic E-state index is -1.14. The van der Waals surface area contributed by atoms with Crippen LogP contribution in [0.3, 0.4) is 0 Å². The van der Waals surface area contributed by atoms with Crippen LogP contribution in [0.2, 0.25) is 0 Å². The molecule has 0 aliphatic rings. The molecule has 0 atom stereocenters. The van der Waals surface area contributed by atoms with Gasteiger partial charge in [-0.2, -0.15) is 0 Å². The summed E-state index contributed by atoms with van der Waals surface area (Å²) in [5.41, 5.74) is 4.96. The lowest BCUT2D eigenvalue weighted by molar-refractivity contribution is -0.137. The monoisotopic (exact) mass is 662 g/mol. The van der Waals surface area contributed by atoms with Crippen LogP contribution in [-0.4, -0.2) is 34.0 Å². The molecule has 0 unspecified atom stereocenters. The summed E-state index contributed by atoms with van der Waals surface area (Å²) in [6, 6.07) is 30.3. The zero-order chi connectivity index (χ0) is 35.1. The van der Waals surface area contributed by atoms with Crippen LogP contribution in [-0.2, 0) is 44.9 Å². The first-order chi connectivity index (χ1) is 24.1. The van der Waals surface area contributed by atoms with Crippen molar-refractivity contribution in [2.45, 2.75) is 39.5 Å². The highest BCUT2D eigenvalue weighted by Gasteiger charge is 2.28. The summed E-state index contributed by atoms with van der Waals surface area (Å²) in [7, 11) is 0. The summed E-state index contributed by atoms with van der Waals surface area (Å²) in [6.45, 7) is 3.90. The molecule has 0 saturated carbocycles. The fourth-order valence-electron chi connectivity index (χ4n) is 7.25. The van der Waals surface area contributed by atoms with E-state index in [-0.39, 0.29) is 25.2 Å². The lowest BCUT2D eigenvalue weighted by Gasteiger charge is -2.25. The van der Waals surface area contributed by atoms with Gasteiger partial charge in [0.15, 0.2) is 0 Å². The summed E-state index contributed by atoms with van der Waals surface area (Å²) in [6.07, 6.45) is -1.21. The number of aliphatic carboxylic acids is 2. The first-order valence-corrected chi connectivity index (χ1v) is 16.4. The second kappa shape index (κ2) is 13.0. The van der Waals surface area contributed by atoms with E-state index in [0.29, 0.717) is 49.8 Å². The van der Waals surface area contributed by atoms with Crippen molar-refractivity contribution in [3.8, 4) is 0 Å². The summed E-state index contributed by atoms with van der Waals surface area (Å²) >= 11 is 0. The van der Waals surface area contributed by atoms with Crippen molar-refractivity contribution in [3.63, 3.8) is 0 Å². The molecule has 0 aliphatic heterocycles. The van der Waals surface area contributed by atoms with Crippen LogP contribution in [0, 0.1) is 13.8 Å². The molecule has 0 radical (unpaired) electrons. The Hall–Kier alpha value is -6.28. The van der Waals surface area contributed by atoms with Crippen LogP contribution in [0.4, 0.5) is 11.4 Å².